The van der Waals surface area contributed by atoms with Crippen LogP contribution in [0.4, 0.5) is 5.69 Å². The maximum absolute atomic E-state index is 12.1. The zero-order valence-electron chi connectivity index (χ0n) is 17.3. The Kier molecular flexibility index (Phi) is 6.03. The quantitative estimate of drug-likeness (QED) is 0.740. The Morgan fingerprint density at radius 1 is 1.28 bits per heavy atom. The molecule has 3 fully saturated rings. The normalized spacial score (nSPS) is 25.8. The minimum absolute atomic E-state index is 0.0367. The minimum Gasteiger partial charge on any atom is -0.368 e. The van der Waals surface area contributed by atoms with E-state index in [0.717, 1.165) is 69.9 Å². The Bertz CT molecular complexity index is 787. The summed E-state index contributed by atoms with van der Waals surface area (Å²) >= 11 is 6.60. The smallest absolute Gasteiger partial charge is 0.240 e. The average molecular weight is 415 g/mol. The van der Waals surface area contributed by atoms with Gasteiger partial charge in [-0.1, -0.05) is 30.7 Å². The van der Waals surface area contributed by atoms with Gasteiger partial charge in [0.1, 0.15) is 5.41 Å². The molecular weight excluding hydrogens is 384 g/mol. The standard InChI is InChI=1S/C23H31ClN4O/c1-2-18-4-3-5-20(21(18)24)28-12-10-27(11-13-28)9-6-17-14-19(15-17)26-22(29)23(16-25)7-8-23/h3-5,17,19H,2,6-15H2,1H3,(H,26,29). The zero-order valence-corrected chi connectivity index (χ0v) is 18.0. The molecule has 1 aliphatic heterocycles. The fraction of sp³-hybridized carbons (Fsp3) is 0.652. The topological polar surface area (TPSA) is 59.4 Å². The third-order valence-electron chi connectivity index (χ3n) is 6.98. The van der Waals surface area contributed by atoms with Gasteiger partial charge < -0.3 is 10.2 Å². The second-order valence-electron chi connectivity index (χ2n) is 8.92. The molecule has 0 aromatic heterocycles. The predicted octanol–water partition coefficient (Wildman–Crippen LogP) is 3.61. The van der Waals surface area contributed by atoms with E-state index in [9.17, 15) is 4.79 Å². The fourth-order valence-corrected chi connectivity index (χ4v) is 4.97. The van der Waals surface area contributed by atoms with Crippen LogP contribution in [-0.4, -0.2) is 49.6 Å². The number of hydrogen-bond acceptors (Lipinski definition) is 4. The molecule has 156 valence electrons. The van der Waals surface area contributed by atoms with E-state index in [1.54, 1.807) is 0 Å². The van der Waals surface area contributed by atoms with E-state index in [0.29, 0.717) is 5.92 Å². The summed E-state index contributed by atoms with van der Waals surface area (Å²) in [5, 5.41) is 13.1. The SMILES string of the molecule is CCc1cccc(N2CCN(CCC3CC(NC(=O)C4(C#N)CC4)C3)CC2)c1Cl. The molecule has 1 N–H and O–H groups in total. The van der Waals surface area contributed by atoms with Gasteiger partial charge in [-0.3, -0.25) is 9.69 Å². The molecule has 0 unspecified atom stereocenters. The monoisotopic (exact) mass is 414 g/mol. The van der Waals surface area contributed by atoms with Crippen molar-refractivity contribution in [3.63, 3.8) is 0 Å². The summed E-state index contributed by atoms with van der Waals surface area (Å²) in [6.07, 6.45) is 5.74. The summed E-state index contributed by atoms with van der Waals surface area (Å²) in [4.78, 5) is 17.1. The van der Waals surface area contributed by atoms with Crippen LogP contribution < -0.4 is 10.2 Å². The maximum atomic E-state index is 12.1. The number of aryl methyl sites for hydroxylation is 1. The number of carbonyl (C=O) groups excluding carboxylic acids is 1. The van der Waals surface area contributed by atoms with Crippen molar-refractivity contribution >= 4 is 23.2 Å². The molecule has 0 radical (unpaired) electrons. The van der Waals surface area contributed by atoms with Crippen LogP contribution in [0.2, 0.25) is 5.02 Å². The van der Waals surface area contributed by atoms with Gasteiger partial charge in [0, 0.05) is 32.2 Å². The van der Waals surface area contributed by atoms with E-state index < -0.39 is 5.41 Å². The van der Waals surface area contributed by atoms with Crippen molar-refractivity contribution in [2.75, 3.05) is 37.6 Å². The highest BCUT2D eigenvalue weighted by molar-refractivity contribution is 6.34. The summed E-state index contributed by atoms with van der Waals surface area (Å²) in [6, 6.07) is 8.82. The molecule has 1 heterocycles. The van der Waals surface area contributed by atoms with Gasteiger partial charge in [-0.05, 0) is 62.6 Å². The molecule has 2 saturated carbocycles. The highest BCUT2D eigenvalue weighted by Crippen LogP contribution is 2.45. The van der Waals surface area contributed by atoms with Crippen molar-refractivity contribution in [2.24, 2.45) is 11.3 Å². The summed E-state index contributed by atoms with van der Waals surface area (Å²) in [5.41, 5.74) is 1.71. The summed E-state index contributed by atoms with van der Waals surface area (Å²) in [7, 11) is 0. The third kappa shape index (κ3) is 4.39. The molecule has 4 rings (SSSR count). The van der Waals surface area contributed by atoms with Crippen LogP contribution in [0.25, 0.3) is 0 Å². The van der Waals surface area contributed by atoms with Crippen molar-refractivity contribution in [1.82, 2.24) is 10.2 Å². The first-order chi connectivity index (χ1) is 14.0. The average Bonchev–Trinajstić information content (AvgIpc) is 3.51. The summed E-state index contributed by atoms with van der Waals surface area (Å²) < 4.78 is 0. The Morgan fingerprint density at radius 3 is 2.62 bits per heavy atom. The number of amides is 1. The number of nitrogens with one attached hydrogen (secondary N) is 1. The second kappa shape index (κ2) is 8.53. The Labute approximate surface area is 179 Å². The molecule has 1 saturated heterocycles. The van der Waals surface area contributed by atoms with Gasteiger partial charge in [-0.25, -0.2) is 0 Å². The van der Waals surface area contributed by atoms with Crippen LogP contribution in [0.15, 0.2) is 18.2 Å². The highest BCUT2D eigenvalue weighted by Gasteiger charge is 2.51. The van der Waals surface area contributed by atoms with Gasteiger partial charge in [0.15, 0.2) is 0 Å². The van der Waals surface area contributed by atoms with E-state index in [1.807, 2.05) is 0 Å². The van der Waals surface area contributed by atoms with Gasteiger partial charge in [0.2, 0.25) is 5.91 Å². The van der Waals surface area contributed by atoms with E-state index in [4.69, 9.17) is 16.9 Å². The largest absolute Gasteiger partial charge is 0.368 e. The lowest BCUT2D eigenvalue weighted by Crippen LogP contribution is -2.49. The van der Waals surface area contributed by atoms with Crippen LogP contribution in [0, 0.1) is 22.7 Å². The Hall–Kier alpha value is -1.77. The molecule has 5 nitrogen and oxygen atoms in total. The first kappa shape index (κ1) is 20.5. The third-order valence-corrected chi connectivity index (χ3v) is 7.41. The molecule has 3 aliphatic rings. The molecule has 2 aliphatic carbocycles. The molecule has 0 bridgehead atoms. The van der Waals surface area contributed by atoms with E-state index >= 15 is 0 Å². The van der Waals surface area contributed by atoms with Crippen LogP contribution in [-0.2, 0) is 11.2 Å². The highest BCUT2D eigenvalue weighted by atomic mass is 35.5. The number of piperazine rings is 1. The molecule has 1 amide bonds. The number of benzene rings is 1. The summed E-state index contributed by atoms with van der Waals surface area (Å²) in [6.45, 7) is 7.46. The molecular formula is C23H31ClN4O. The number of nitriles is 1. The van der Waals surface area contributed by atoms with Gasteiger partial charge >= 0.3 is 0 Å². The number of rotatable bonds is 7. The molecule has 1 aromatic carbocycles. The van der Waals surface area contributed by atoms with Crippen molar-refractivity contribution in [1.29, 1.82) is 5.26 Å². The number of nitrogens with zero attached hydrogens (tertiary/aromatic N) is 3. The molecule has 0 atom stereocenters. The molecule has 29 heavy (non-hydrogen) atoms. The lowest BCUT2D eigenvalue weighted by atomic mass is 9.78. The predicted molar refractivity (Wildman–Crippen MR) is 116 cm³/mol. The van der Waals surface area contributed by atoms with Crippen LogP contribution in [0.1, 0.15) is 44.6 Å². The van der Waals surface area contributed by atoms with Crippen LogP contribution in [0.3, 0.4) is 0 Å². The number of carbonyl (C=O) groups is 1. The van der Waals surface area contributed by atoms with Crippen molar-refractivity contribution in [3.8, 4) is 6.07 Å². The first-order valence-electron chi connectivity index (χ1n) is 11.0. The lowest BCUT2D eigenvalue weighted by molar-refractivity contribution is -0.126. The minimum atomic E-state index is -0.690. The van der Waals surface area contributed by atoms with Crippen LogP contribution in [0.5, 0.6) is 0 Å². The first-order valence-corrected chi connectivity index (χ1v) is 11.4. The lowest BCUT2D eigenvalue weighted by Gasteiger charge is -2.40. The van der Waals surface area contributed by atoms with Crippen molar-refractivity contribution in [3.05, 3.63) is 28.8 Å². The van der Waals surface area contributed by atoms with E-state index in [2.05, 4.69) is 46.3 Å². The van der Waals surface area contributed by atoms with E-state index in [1.165, 1.54) is 17.7 Å². The van der Waals surface area contributed by atoms with E-state index in [-0.39, 0.29) is 11.9 Å². The molecule has 6 heteroatoms. The van der Waals surface area contributed by atoms with Gasteiger partial charge in [-0.2, -0.15) is 5.26 Å². The molecule has 1 aromatic rings. The van der Waals surface area contributed by atoms with Gasteiger partial charge in [0.05, 0.1) is 16.8 Å². The van der Waals surface area contributed by atoms with Crippen molar-refractivity contribution in [2.45, 2.75) is 51.5 Å². The fourth-order valence-electron chi connectivity index (χ4n) is 4.59. The number of anilines is 1. The zero-order chi connectivity index (χ0) is 20.4. The Balaban J connectivity index is 1.16. The van der Waals surface area contributed by atoms with Gasteiger partial charge in [0.25, 0.3) is 0 Å². The van der Waals surface area contributed by atoms with Crippen molar-refractivity contribution < 1.29 is 4.79 Å². The molecule has 0 spiro atoms. The number of hydrogen-bond donors (Lipinski definition) is 1. The Morgan fingerprint density at radius 2 is 2.00 bits per heavy atom. The second-order valence-corrected chi connectivity index (χ2v) is 9.30. The summed E-state index contributed by atoms with van der Waals surface area (Å²) in [5.74, 6) is 0.664. The van der Waals surface area contributed by atoms with Crippen LogP contribution >= 0.6 is 11.6 Å². The maximum Gasteiger partial charge on any atom is 0.240 e. The number of halogens is 1. The van der Waals surface area contributed by atoms with Gasteiger partial charge in [-0.15, -0.1) is 0 Å².